The zero-order valence-corrected chi connectivity index (χ0v) is 11.9. The molecule has 1 saturated carbocycles. The topological polar surface area (TPSA) is 23.8 Å². The van der Waals surface area contributed by atoms with Crippen LogP contribution in [0.25, 0.3) is 0 Å². The van der Waals surface area contributed by atoms with Gasteiger partial charge in [0.2, 0.25) is 0 Å². The minimum atomic E-state index is -0.310. The van der Waals surface area contributed by atoms with E-state index in [1.54, 1.807) is 23.9 Å². The van der Waals surface area contributed by atoms with Gasteiger partial charge >= 0.3 is 0 Å². The van der Waals surface area contributed by atoms with E-state index in [0.717, 1.165) is 17.7 Å². The maximum Gasteiger partial charge on any atom is 0.123 e. The minimum absolute atomic E-state index is 0.230. The molecule has 1 fully saturated rings. The van der Waals surface area contributed by atoms with Crippen molar-refractivity contribution in [2.75, 3.05) is 0 Å². The second-order valence-corrected chi connectivity index (χ2v) is 7.59. The van der Waals surface area contributed by atoms with Crippen molar-refractivity contribution in [1.82, 2.24) is 0 Å². The normalized spacial score (nSPS) is 27.4. The lowest BCUT2D eigenvalue weighted by atomic mass is 9.63. The maximum absolute atomic E-state index is 12.8. The van der Waals surface area contributed by atoms with E-state index in [2.05, 4.69) is 26.8 Å². The van der Waals surface area contributed by atoms with Gasteiger partial charge in [0.25, 0.3) is 0 Å². The maximum atomic E-state index is 12.8. The van der Waals surface area contributed by atoms with Crippen molar-refractivity contribution < 1.29 is 4.39 Å². The van der Waals surface area contributed by atoms with Crippen molar-refractivity contribution >= 4 is 11.8 Å². The fourth-order valence-electron chi connectivity index (χ4n) is 2.27. The highest BCUT2D eigenvalue weighted by Gasteiger charge is 2.49. The number of rotatable bonds is 2. The Morgan fingerprint density at radius 1 is 1.28 bits per heavy atom. The first kappa shape index (κ1) is 13.4. The monoisotopic (exact) mass is 263 g/mol. The summed E-state index contributed by atoms with van der Waals surface area (Å²) in [5.41, 5.74) is 0.268. The Kier molecular flexibility index (Phi) is 3.42. The number of nitriles is 1. The highest BCUT2D eigenvalue weighted by atomic mass is 32.2. The van der Waals surface area contributed by atoms with E-state index in [0.29, 0.717) is 5.92 Å². The molecule has 1 aromatic rings. The van der Waals surface area contributed by atoms with Crippen molar-refractivity contribution in [3.05, 3.63) is 30.1 Å². The Labute approximate surface area is 112 Å². The van der Waals surface area contributed by atoms with Gasteiger partial charge in [-0.1, -0.05) is 20.8 Å². The summed E-state index contributed by atoms with van der Waals surface area (Å²) in [5, 5.41) is 9.39. The van der Waals surface area contributed by atoms with Gasteiger partial charge in [-0.25, -0.2) is 4.39 Å². The average molecular weight is 263 g/mol. The molecule has 0 aliphatic heterocycles. The van der Waals surface area contributed by atoms with Crippen LogP contribution in [0.15, 0.2) is 29.2 Å². The van der Waals surface area contributed by atoms with Crippen LogP contribution >= 0.6 is 11.8 Å². The highest BCUT2D eigenvalue weighted by Crippen LogP contribution is 2.55. The summed E-state index contributed by atoms with van der Waals surface area (Å²) in [7, 11) is 0. The first-order valence-corrected chi connectivity index (χ1v) is 7.02. The lowest BCUT2D eigenvalue weighted by Crippen LogP contribution is -2.45. The van der Waals surface area contributed by atoms with Crippen LogP contribution in [0.4, 0.5) is 4.39 Å². The fourth-order valence-corrected chi connectivity index (χ4v) is 3.61. The third-order valence-corrected chi connectivity index (χ3v) is 5.03. The van der Waals surface area contributed by atoms with Gasteiger partial charge < -0.3 is 0 Å². The van der Waals surface area contributed by atoms with Gasteiger partial charge in [0.1, 0.15) is 10.6 Å². The van der Waals surface area contributed by atoms with Crippen LogP contribution in [0.1, 0.15) is 33.6 Å². The van der Waals surface area contributed by atoms with E-state index in [1.807, 2.05) is 0 Å². The zero-order valence-electron chi connectivity index (χ0n) is 11.0. The molecule has 0 spiro atoms. The van der Waals surface area contributed by atoms with Crippen molar-refractivity contribution in [2.45, 2.75) is 43.3 Å². The Bertz CT molecular complexity index is 461. The predicted octanol–water partition coefficient (Wildman–Crippen LogP) is 4.64. The third-order valence-electron chi connectivity index (χ3n) is 3.71. The van der Waals surface area contributed by atoms with Crippen molar-refractivity contribution in [3.8, 4) is 6.07 Å². The van der Waals surface area contributed by atoms with Crippen LogP contribution in [-0.2, 0) is 0 Å². The van der Waals surface area contributed by atoms with Crippen LogP contribution in [0, 0.1) is 28.5 Å². The van der Waals surface area contributed by atoms with Gasteiger partial charge in [-0.3, -0.25) is 0 Å². The van der Waals surface area contributed by atoms with Gasteiger partial charge in [-0.2, -0.15) is 5.26 Å². The van der Waals surface area contributed by atoms with E-state index < -0.39 is 0 Å². The molecule has 0 aromatic heterocycles. The molecule has 0 unspecified atom stereocenters. The van der Waals surface area contributed by atoms with E-state index >= 15 is 0 Å². The molecule has 0 saturated heterocycles. The minimum Gasteiger partial charge on any atom is -0.207 e. The molecule has 1 nitrogen and oxygen atoms in total. The van der Waals surface area contributed by atoms with Gasteiger partial charge in [-0.15, -0.1) is 11.8 Å². The molecule has 2 rings (SSSR count). The first-order chi connectivity index (χ1) is 8.35. The molecule has 18 heavy (non-hydrogen) atoms. The molecular weight excluding hydrogens is 245 g/mol. The predicted molar refractivity (Wildman–Crippen MR) is 72.8 cm³/mol. The molecule has 0 heterocycles. The molecule has 1 aliphatic carbocycles. The fraction of sp³-hybridized carbons (Fsp3) is 0.533. The quantitative estimate of drug-likeness (QED) is 0.776. The largest absolute Gasteiger partial charge is 0.207 e. The van der Waals surface area contributed by atoms with Crippen molar-refractivity contribution in [3.63, 3.8) is 0 Å². The number of halogens is 1. The average Bonchev–Trinajstić information content (AvgIpc) is 2.24. The standard InChI is InChI=1S/C15H18FNS/c1-14(2,3)11-8-15(9-11,10-17)18-13-6-4-12(16)5-7-13/h4-7,11H,8-9H2,1-3H3. The van der Waals surface area contributed by atoms with E-state index in [4.69, 9.17) is 0 Å². The van der Waals surface area contributed by atoms with Crippen LogP contribution in [0.5, 0.6) is 0 Å². The summed E-state index contributed by atoms with van der Waals surface area (Å²) >= 11 is 1.58. The Hall–Kier alpha value is -1.01. The summed E-state index contributed by atoms with van der Waals surface area (Å²) in [4.78, 5) is 0.977. The number of hydrogen-bond acceptors (Lipinski definition) is 2. The van der Waals surface area contributed by atoms with Crippen LogP contribution in [-0.4, -0.2) is 4.75 Å². The number of thioether (sulfide) groups is 1. The number of nitrogens with zero attached hydrogens (tertiary/aromatic N) is 1. The summed E-state index contributed by atoms with van der Waals surface area (Å²) in [6, 6.07) is 8.86. The Morgan fingerprint density at radius 2 is 1.83 bits per heavy atom. The third kappa shape index (κ3) is 2.70. The molecule has 0 N–H and O–H groups in total. The summed E-state index contributed by atoms with van der Waals surface area (Å²) in [6.07, 6.45) is 1.85. The molecule has 0 amide bonds. The van der Waals surface area contributed by atoms with E-state index in [-0.39, 0.29) is 16.0 Å². The van der Waals surface area contributed by atoms with Crippen LogP contribution in [0.3, 0.4) is 0 Å². The summed E-state index contributed by atoms with van der Waals surface area (Å²) in [5.74, 6) is 0.372. The Balaban J connectivity index is 2.05. The van der Waals surface area contributed by atoms with Gasteiger partial charge in [0, 0.05) is 4.90 Å². The molecule has 0 radical (unpaired) electrons. The second-order valence-electron chi connectivity index (χ2n) is 6.13. The molecule has 1 aromatic carbocycles. The number of benzene rings is 1. The first-order valence-electron chi connectivity index (χ1n) is 6.20. The lowest BCUT2D eigenvalue weighted by molar-refractivity contribution is 0.122. The van der Waals surface area contributed by atoms with Gasteiger partial charge in [-0.05, 0) is 48.4 Å². The molecule has 96 valence electrons. The Morgan fingerprint density at radius 3 is 2.28 bits per heavy atom. The van der Waals surface area contributed by atoms with Gasteiger partial charge in [0.15, 0.2) is 0 Å². The molecule has 0 bridgehead atoms. The smallest absolute Gasteiger partial charge is 0.123 e. The lowest BCUT2D eigenvalue weighted by Gasteiger charge is -2.48. The van der Waals surface area contributed by atoms with Gasteiger partial charge in [0.05, 0.1) is 6.07 Å². The number of hydrogen-bond donors (Lipinski definition) is 0. The summed E-state index contributed by atoms with van der Waals surface area (Å²) in [6.45, 7) is 6.67. The summed E-state index contributed by atoms with van der Waals surface area (Å²) < 4.78 is 12.5. The second kappa shape index (κ2) is 4.59. The molecule has 1 aliphatic rings. The molecular formula is C15H18FNS. The van der Waals surface area contributed by atoms with Crippen molar-refractivity contribution in [2.24, 2.45) is 11.3 Å². The van der Waals surface area contributed by atoms with Crippen molar-refractivity contribution in [1.29, 1.82) is 5.26 Å². The molecule has 0 atom stereocenters. The molecule has 3 heteroatoms. The van der Waals surface area contributed by atoms with Crippen LogP contribution in [0.2, 0.25) is 0 Å². The SMILES string of the molecule is CC(C)(C)C1CC(C#N)(Sc2ccc(F)cc2)C1. The van der Waals surface area contributed by atoms with E-state index in [9.17, 15) is 9.65 Å². The van der Waals surface area contributed by atoms with E-state index in [1.165, 1.54) is 12.1 Å². The zero-order chi connectivity index (χ0) is 13.4. The highest BCUT2D eigenvalue weighted by molar-refractivity contribution is 8.01. The van der Waals surface area contributed by atoms with Crippen LogP contribution < -0.4 is 0 Å².